The van der Waals surface area contributed by atoms with Crippen LogP contribution in [0.2, 0.25) is 0 Å². The van der Waals surface area contributed by atoms with Gasteiger partial charge in [0.2, 0.25) is 5.60 Å². The molecular weight excluding hydrogens is 1030 g/mol. The number of carbonyl (C=O) groups is 3. The van der Waals surface area contributed by atoms with Gasteiger partial charge in [0.15, 0.2) is 10.8 Å². The maximum atomic E-state index is 15.4. The van der Waals surface area contributed by atoms with E-state index in [9.17, 15) is 9.59 Å². The van der Waals surface area contributed by atoms with Gasteiger partial charge < -0.3 is 24.9 Å². The Balaban J connectivity index is 0.981. The van der Waals surface area contributed by atoms with Crippen molar-refractivity contribution in [3.05, 3.63) is 298 Å². The number of oxime groups is 1. The van der Waals surface area contributed by atoms with E-state index in [1.165, 1.54) is 34.3 Å². The molecule has 2 atom stereocenters. The number of ether oxygens (including phenoxy) is 2. The van der Waals surface area contributed by atoms with Crippen LogP contribution in [0, 0.1) is 0 Å². The van der Waals surface area contributed by atoms with E-state index in [2.05, 4.69) is 57.0 Å². The molecule has 2 aliphatic heterocycles. The van der Waals surface area contributed by atoms with Crippen molar-refractivity contribution in [2.45, 2.75) is 29.2 Å². The molecule has 1 fully saturated rings. The van der Waals surface area contributed by atoms with Crippen molar-refractivity contribution in [2.24, 2.45) is 5.16 Å². The number of amides is 2. The SMILES string of the molecule is COc1ccc(COC(=O)C2=C(/C=C\c3cncnc3)CS[C@@H]3[C@H](NC(=O)/C(=N\OC(c4ccccc4)(c4ccccc4)c4ccccc4)c4csc(NC(c5ccccc5)(c5ccccc5)c5ccccc5)n4)C(=O)N23)cc1. The monoisotopic (exact) mass is 1080 g/mol. The van der Waals surface area contributed by atoms with Crippen LogP contribution >= 0.6 is 23.1 Å². The number of thiazole rings is 1. The smallest absolute Gasteiger partial charge is 0.355 e. The standard InChI is InChI=1S/C64H51N7O6S2/c1-75-53-36-33-44(34-37-53)40-76-61(74)57-46(35-32-45-38-65-43-66-39-45)41-78-60-56(59(73)71(57)60)68-58(72)55(70-77-64(50-26-14-5-15-27-50,51-28-16-6-17-29-51)52-30-18-7-19-31-52)54-42-79-62(67-54)69-63(47-20-8-2-9-21-47,48-22-10-3-11-23-48)49-24-12-4-13-25-49/h2-39,42-43,56,60H,40-41H2,1H3,(H,67,69)(H,68,72)/b35-32-,70-55-/t56-,60-/m1/s1. The molecule has 7 aromatic carbocycles. The third-order valence-electron chi connectivity index (χ3n) is 13.8. The number of thioether (sulfide) groups is 1. The summed E-state index contributed by atoms with van der Waals surface area (Å²) in [4.78, 5) is 66.2. The van der Waals surface area contributed by atoms with Crippen LogP contribution in [0.1, 0.15) is 50.2 Å². The van der Waals surface area contributed by atoms with Gasteiger partial charge in [0.25, 0.3) is 11.8 Å². The number of rotatable bonds is 19. The average molecular weight is 1080 g/mol. The Morgan fingerprint density at radius 1 is 0.684 bits per heavy atom. The second-order valence-corrected chi connectivity index (χ2v) is 20.4. The van der Waals surface area contributed by atoms with Gasteiger partial charge in [-0.25, -0.2) is 19.7 Å². The maximum absolute atomic E-state index is 15.4. The van der Waals surface area contributed by atoms with Crippen molar-refractivity contribution in [2.75, 3.05) is 18.2 Å². The second-order valence-electron chi connectivity index (χ2n) is 18.5. The molecule has 11 rings (SSSR count). The molecule has 390 valence electrons. The van der Waals surface area contributed by atoms with Gasteiger partial charge in [-0.3, -0.25) is 14.5 Å². The number of fused-ring (bicyclic) bond motifs is 1. The summed E-state index contributed by atoms with van der Waals surface area (Å²) >= 11 is 2.71. The minimum absolute atomic E-state index is 0.0558. The zero-order valence-electron chi connectivity index (χ0n) is 42.7. The van der Waals surface area contributed by atoms with Crippen molar-refractivity contribution in [1.82, 2.24) is 25.2 Å². The molecule has 0 bridgehead atoms. The fourth-order valence-corrected chi connectivity index (χ4v) is 11.9. The molecule has 79 heavy (non-hydrogen) atoms. The summed E-state index contributed by atoms with van der Waals surface area (Å²) < 4.78 is 11.2. The van der Waals surface area contributed by atoms with E-state index in [1.54, 1.807) is 61.3 Å². The van der Waals surface area contributed by atoms with Crippen LogP contribution in [0.15, 0.2) is 253 Å². The van der Waals surface area contributed by atoms with Gasteiger partial charge in [-0.1, -0.05) is 211 Å². The normalized spacial score (nSPS) is 15.4. The third kappa shape index (κ3) is 10.6. The van der Waals surface area contributed by atoms with Crippen LogP contribution in [0.4, 0.5) is 5.13 Å². The van der Waals surface area contributed by atoms with E-state index in [-0.39, 0.29) is 23.7 Å². The Labute approximate surface area is 465 Å². The van der Waals surface area contributed by atoms with E-state index >= 15 is 4.79 Å². The minimum Gasteiger partial charge on any atom is -0.497 e. The van der Waals surface area contributed by atoms with E-state index in [4.69, 9.17) is 24.5 Å². The molecule has 0 unspecified atom stereocenters. The van der Waals surface area contributed by atoms with Crippen molar-refractivity contribution < 1.29 is 28.7 Å². The summed E-state index contributed by atoms with van der Waals surface area (Å²) in [6.45, 7) is -0.0558. The van der Waals surface area contributed by atoms with Crippen molar-refractivity contribution >= 4 is 57.8 Å². The number of benzene rings is 7. The summed E-state index contributed by atoms with van der Waals surface area (Å²) in [6, 6.07) is 65.6. The number of anilines is 1. The highest BCUT2D eigenvalue weighted by atomic mass is 32.2. The maximum Gasteiger partial charge on any atom is 0.355 e. The average Bonchev–Trinajstić information content (AvgIpc) is 4.15. The zero-order chi connectivity index (χ0) is 54.0. The lowest BCUT2D eigenvalue weighted by Crippen LogP contribution is -2.71. The number of hydrogen-bond acceptors (Lipinski definition) is 13. The quantitative estimate of drug-likeness (QED) is 0.0261. The van der Waals surface area contributed by atoms with E-state index in [1.807, 2.05) is 146 Å². The summed E-state index contributed by atoms with van der Waals surface area (Å²) in [5.41, 5.74) is 4.88. The number of β-lactam (4-membered cyclic amide) rings is 1. The number of carbonyl (C=O) groups excluding carboxylic acids is 3. The number of hydrogen-bond donors (Lipinski definition) is 2. The minimum atomic E-state index is -1.38. The number of methoxy groups -OCH3 is 1. The molecule has 15 heteroatoms. The van der Waals surface area contributed by atoms with Crippen LogP contribution in [0.5, 0.6) is 5.75 Å². The lowest BCUT2D eigenvalue weighted by Gasteiger charge is -2.49. The first kappa shape index (κ1) is 51.7. The molecule has 2 amide bonds. The van der Waals surface area contributed by atoms with E-state index in [0.29, 0.717) is 27.8 Å². The first-order valence-electron chi connectivity index (χ1n) is 25.4. The van der Waals surface area contributed by atoms with E-state index in [0.717, 1.165) is 38.9 Å². The van der Waals surface area contributed by atoms with Gasteiger partial charge in [0, 0.05) is 45.8 Å². The summed E-state index contributed by atoms with van der Waals surface area (Å²) in [5, 5.41) is 13.3. The molecule has 2 aliphatic rings. The van der Waals surface area contributed by atoms with Crippen LogP contribution in [0.3, 0.4) is 0 Å². The Bertz CT molecular complexity index is 3460. The lowest BCUT2D eigenvalue weighted by atomic mass is 9.77. The van der Waals surface area contributed by atoms with Gasteiger partial charge in [-0.2, -0.15) is 0 Å². The molecule has 9 aromatic rings. The Morgan fingerprint density at radius 2 is 1.19 bits per heavy atom. The fraction of sp³-hybridized carbons (Fsp3) is 0.109. The highest BCUT2D eigenvalue weighted by Gasteiger charge is 2.55. The van der Waals surface area contributed by atoms with Gasteiger partial charge >= 0.3 is 5.97 Å². The number of nitrogens with one attached hydrogen (secondary N) is 2. The second kappa shape index (κ2) is 23.4. The molecule has 13 nitrogen and oxygen atoms in total. The third-order valence-corrected chi connectivity index (χ3v) is 15.8. The van der Waals surface area contributed by atoms with Crippen LogP contribution in [0.25, 0.3) is 6.08 Å². The topological polar surface area (TPSA) is 157 Å². The van der Waals surface area contributed by atoms with Crippen LogP contribution in [-0.4, -0.2) is 67.6 Å². The summed E-state index contributed by atoms with van der Waals surface area (Å²) in [5.74, 6) is -0.961. The highest BCUT2D eigenvalue weighted by Crippen LogP contribution is 2.44. The Kier molecular flexibility index (Phi) is 15.3. The predicted molar refractivity (Wildman–Crippen MR) is 308 cm³/mol. The van der Waals surface area contributed by atoms with Crippen molar-refractivity contribution in [1.29, 1.82) is 0 Å². The van der Waals surface area contributed by atoms with Gasteiger partial charge in [0.1, 0.15) is 47.0 Å². The number of aromatic nitrogens is 3. The van der Waals surface area contributed by atoms with E-state index < -0.39 is 40.3 Å². The molecule has 0 saturated carbocycles. The fourth-order valence-electron chi connectivity index (χ4n) is 9.88. The molecule has 0 aliphatic carbocycles. The van der Waals surface area contributed by atoms with Gasteiger partial charge in [0.05, 0.1) is 7.11 Å². The molecule has 2 aromatic heterocycles. The molecule has 4 heterocycles. The number of esters is 1. The number of nitrogens with zero attached hydrogens (tertiary/aromatic N) is 5. The largest absolute Gasteiger partial charge is 0.497 e. The van der Waals surface area contributed by atoms with Crippen LogP contribution in [-0.2, 0) is 41.7 Å². The summed E-state index contributed by atoms with van der Waals surface area (Å²) in [7, 11) is 1.58. The molecular formula is C64H51N7O6S2. The molecule has 2 N–H and O–H groups in total. The highest BCUT2D eigenvalue weighted by molar-refractivity contribution is 8.00. The first-order chi connectivity index (χ1) is 38.9. The molecule has 0 spiro atoms. The van der Waals surface area contributed by atoms with Crippen LogP contribution < -0.4 is 15.4 Å². The Morgan fingerprint density at radius 3 is 1.70 bits per heavy atom. The molecule has 0 radical (unpaired) electrons. The van der Waals surface area contributed by atoms with Crippen molar-refractivity contribution in [3.63, 3.8) is 0 Å². The number of allylic oxidation sites excluding steroid dienone is 1. The first-order valence-corrected chi connectivity index (χ1v) is 27.3. The van der Waals surface area contributed by atoms with Gasteiger partial charge in [-0.15, -0.1) is 23.1 Å². The molecule has 1 saturated heterocycles. The zero-order valence-corrected chi connectivity index (χ0v) is 44.3. The summed E-state index contributed by atoms with van der Waals surface area (Å²) in [6.07, 6.45) is 8.26. The lowest BCUT2D eigenvalue weighted by molar-refractivity contribution is -0.153. The van der Waals surface area contributed by atoms with Crippen molar-refractivity contribution in [3.8, 4) is 5.75 Å². The van der Waals surface area contributed by atoms with Gasteiger partial charge in [-0.05, 0) is 40.0 Å². The predicted octanol–water partition coefficient (Wildman–Crippen LogP) is 11.2. The Hall–Kier alpha value is -9.44.